The summed E-state index contributed by atoms with van der Waals surface area (Å²) in [5.74, 6) is 0.546. The monoisotopic (exact) mass is 276 g/mol. The van der Waals surface area contributed by atoms with E-state index < -0.39 is 0 Å². The summed E-state index contributed by atoms with van der Waals surface area (Å²) in [5.41, 5.74) is 2.77. The highest BCUT2D eigenvalue weighted by molar-refractivity contribution is 5.27. The first-order chi connectivity index (χ1) is 9.86. The summed E-state index contributed by atoms with van der Waals surface area (Å²) in [6, 6.07) is 4.80. The van der Waals surface area contributed by atoms with Crippen LogP contribution in [0.5, 0.6) is 0 Å². The fourth-order valence-corrected chi connectivity index (χ4v) is 3.20. The molecule has 0 radical (unpaired) electrons. The maximum atomic E-state index is 5.68. The molecule has 0 aromatic carbocycles. The van der Waals surface area contributed by atoms with Crippen molar-refractivity contribution in [1.29, 1.82) is 0 Å². The van der Waals surface area contributed by atoms with E-state index in [1.165, 1.54) is 30.5 Å². The van der Waals surface area contributed by atoms with Gasteiger partial charge in [-0.05, 0) is 50.3 Å². The SMILES string of the molecule is CCCOCCC(NCC)C1CCCc2cccnc21. The van der Waals surface area contributed by atoms with Crippen LogP contribution in [0.4, 0.5) is 0 Å². The van der Waals surface area contributed by atoms with E-state index in [0.717, 1.165) is 32.6 Å². The van der Waals surface area contributed by atoms with Crippen LogP contribution in [0.3, 0.4) is 0 Å². The van der Waals surface area contributed by atoms with Gasteiger partial charge in [0.1, 0.15) is 0 Å². The van der Waals surface area contributed by atoms with Gasteiger partial charge in [-0.25, -0.2) is 0 Å². The minimum atomic E-state index is 0.491. The minimum Gasteiger partial charge on any atom is -0.381 e. The van der Waals surface area contributed by atoms with Crippen LogP contribution >= 0.6 is 0 Å². The largest absolute Gasteiger partial charge is 0.381 e. The third-order valence-electron chi connectivity index (χ3n) is 4.11. The highest BCUT2D eigenvalue weighted by Gasteiger charge is 2.28. The van der Waals surface area contributed by atoms with Gasteiger partial charge in [-0.1, -0.05) is 19.9 Å². The topological polar surface area (TPSA) is 34.1 Å². The molecule has 1 heterocycles. The zero-order valence-electron chi connectivity index (χ0n) is 12.9. The molecule has 1 N–H and O–H groups in total. The molecular formula is C17H28N2O. The number of nitrogens with one attached hydrogen (secondary N) is 1. The second-order valence-corrected chi connectivity index (χ2v) is 5.61. The van der Waals surface area contributed by atoms with E-state index in [2.05, 4.69) is 36.3 Å². The molecule has 0 amide bonds. The molecule has 3 nitrogen and oxygen atoms in total. The Hall–Kier alpha value is -0.930. The molecule has 2 rings (SSSR count). The quantitative estimate of drug-likeness (QED) is 0.740. The van der Waals surface area contributed by atoms with E-state index in [0.29, 0.717) is 12.0 Å². The van der Waals surface area contributed by atoms with E-state index >= 15 is 0 Å². The van der Waals surface area contributed by atoms with E-state index in [1.807, 2.05) is 6.20 Å². The smallest absolute Gasteiger partial charge is 0.0481 e. The van der Waals surface area contributed by atoms with Gasteiger partial charge in [0.15, 0.2) is 0 Å². The Bertz CT molecular complexity index is 394. The van der Waals surface area contributed by atoms with Crippen LogP contribution in [-0.2, 0) is 11.2 Å². The Morgan fingerprint density at radius 3 is 3.10 bits per heavy atom. The van der Waals surface area contributed by atoms with Gasteiger partial charge in [-0.3, -0.25) is 4.98 Å². The first-order valence-corrected chi connectivity index (χ1v) is 8.11. The first kappa shape index (κ1) is 15.5. The Morgan fingerprint density at radius 1 is 1.40 bits per heavy atom. The van der Waals surface area contributed by atoms with Gasteiger partial charge in [0.25, 0.3) is 0 Å². The number of hydrogen-bond acceptors (Lipinski definition) is 3. The predicted molar refractivity (Wildman–Crippen MR) is 83.1 cm³/mol. The summed E-state index contributed by atoms with van der Waals surface area (Å²) < 4.78 is 5.68. The molecule has 1 aromatic rings. The standard InChI is InChI=1S/C17H28N2O/c1-3-12-20-13-10-16(18-4-2)15-9-5-7-14-8-6-11-19-17(14)15/h6,8,11,15-16,18H,3-5,7,9-10,12-13H2,1-2H3. The number of ether oxygens (including phenoxy) is 1. The van der Waals surface area contributed by atoms with E-state index in [1.54, 1.807) is 0 Å². The molecule has 2 atom stereocenters. The van der Waals surface area contributed by atoms with Crippen LogP contribution in [0.15, 0.2) is 18.3 Å². The lowest BCUT2D eigenvalue weighted by molar-refractivity contribution is 0.120. The summed E-state index contributed by atoms with van der Waals surface area (Å²) in [6.07, 6.45) is 7.82. The minimum absolute atomic E-state index is 0.491. The summed E-state index contributed by atoms with van der Waals surface area (Å²) in [5, 5.41) is 3.65. The summed E-state index contributed by atoms with van der Waals surface area (Å²) >= 11 is 0. The Kier molecular flexibility index (Phi) is 6.48. The van der Waals surface area contributed by atoms with Crippen LogP contribution in [0.25, 0.3) is 0 Å². The van der Waals surface area contributed by atoms with Crippen LogP contribution in [0.1, 0.15) is 56.7 Å². The molecule has 1 aliphatic carbocycles. The molecule has 0 saturated carbocycles. The summed E-state index contributed by atoms with van der Waals surface area (Å²) in [6.45, 7) is 7.07. The Labute approximate surface area is 123 Å². The van der Waals surface area contributed by atoms with Gasteiger partial charge in [0, 0.05) is 37.1 Å². The molecule has 1 aliphatic rings. The molecule has 2 unspecified atom stereocenters. The summed E-state index contributed by atoms with van der Waals surface area (Å²) in [4.78, 5) is 4.67. The molecule has 0 bridgehead atoms. The van der Waals surface area contributed by atoms with Gasteiger partial charge in [-0.2, -0.15) is 0 Å². The highest BCUT2D eigenvalue weighted by atomic mass is 16.5. The number of nitrogens with zero attached hydrogens (tertiary/aromatic N) is 1. The zero-order valence-corrected chi connectivity index (χ0v) is 12.9. The van der Waals surface area contributed by atoms with Crippen LogP contribution in [0, 0.1) is 0 Å². The van der Waals surface area contributed by atoms with Crippen molar-refractivity contribution in [2.75, 3.05) is 19.8 Å². The number of aromatic nitrogens is 1. The average Bonchev–Trinajstić information content (AvgIpc) is 2.50. The van der Waals surface area contributed by atoms with E-state index in [-0.39, 0.29) is 0 Å². The van der Waals surface area contributed by atoms with Crippen molar-refractivity contribution in [3.8, 4) is 0 Å². The van der Waals surface area contributed by atoms with Gasteiger partial charge in [-0.15, -0.1) is 0 Å². The second kappa shape index (κ2) is 8.38. The zero-order chi connectivity index (χ0) is 14.2. The maximum Gasteiger partial charge on any atom is 0.0481 e. The lowest BCUT2D eigenvalue weighted by Crippen LogP contribution is -2.37. The van der Waals surface area contributed by atoms with Crippen molar-refractivity contribution >= 4 is 0 Å². The molecule has 20 heavy (non-hydrogen) atoms. The number of rotatable bonds is 8. The highest BCUT2D eigenvalue weighted by Crippen LogP contribution is 2.33. The van der Waals surface area contributed by atoms with Crippen molar-refractivity contribution in [3.05, 3.63) is 29.6 Å². The predicted octanol–water partition coefficient (Wildman–Crippen LogP) is 3.30. The maximum absolute atomic E-state index is 5.68. The molecule has 0 spiro atoms. The molecule has 0 saturated heterocycles. The normalized spacial score (nSPS) is 19.6. The third kappa shape index (κ3) is 4.03. The van der Waals surface area contributed by atoms with Crippen molar-refractivity contribution in [3.63, 3.8) is 0 Å². The lowest BCUT2D eigenvalue weighted by Gasteiger charge is -2.32. The van der Waals surface area contributed by atoms with E-state index in [9.17, 15) is 0 Å². The van der Waals surface area contributed by atoms with Crippen molar-refractivity contribution in [2.24, 2.45) is 0 Å². The van der Waals surface area contributed by atoms with Crippen molar-refractivity contribution in [2.45, 2.75) is 57.9 Å². The number of likely N-dealkylation sites (N-methyl/N-ethyl adjacent to an activating group) is 1. The van der Waals surface area contributed by atoms with Gasteiger partial charge < -0.3 is 10.1 Å². The average molecular weight is 276 g/mol. The number of aryl methyl sites for hydroxylation is 1. The fourth-order valence-electron chi connectivity index (χ4n) is 3.20. The van der Waals surface area contributed by atoms with Crippen LogP contribution in [-0.4, -0.2) is 30.8 Å². The molecule has 0 fully saturated rings. The Balaban J connectivity index is 2.02. The number of pyridine rings is 1. The third-order valence-corrected chi connectivity index (χ3v) is 4.11. The fraction of sp³-hybridized carbons (Fsp3) is 0.706. The molecular weight excluding hydrogens is 248 g/mol. The van der Waals surface area contributed by atoms with Crippen molar-refractivity contribution in [1.82, 2.24) is 10.3 Å². The van der Waals surface area contributed by atoms with E-state index in [4.69, 9.17) is 4.74 Å². The molecule has 112 valence electrons. The number of hydrogen-bond donors (Lipinski definition) is 1. The summed E-state index contributed by atoms with van der Waals surface area (Å²) in [7, 11) is 0. The first-order valence-electron chi connectivity index (χ1n) is 8.11. The Morgan fingerprint density at radius 2 is 2.30 bits per heavy atom. The molecule has 1 aromatic heterocycles. The second-order valence-electron chi connectivity index (χ2n) is 5.61. The lowest BCUT2D eigenvalue weighted by atomic mass is 9.81. The number of fused-ring (bicyclic) bond motifs is 1. The van der Waals surface area contributed by atoms with Gasteiger partial charge in [0.05, 0.1) is 0 Å². The molecule has 3 heteroatoms. The van der Waals surface area contributed by atoms with Crippen molar-refractivity contribution < 1.29 is 4.74 Å². The van der Waals surface area contributed by atoms with Gasteiger partial charge in [0.2, 0.25) is 0 Å². The van der Waals surface area contributed by atoms with Gasteiger partial charge >= 0.3 is 0 Å². The molecule has 0 aliphatic heterocycles. The van der Waals surface area contributed by atoms with Crippen LogP contribution in [0.2, 0.25) is 0 Å². The van der Waals surface area contributed by atoms with Crippen LogP contribution < -0.4 is 5.32 Å².